The quantitative estimate of drug-likeness (QED) is 0.628. The van der Waals surface area contributed by atoms with Crippen molar-refractivity contribution in [2.45, 2.75) is 31.8 Å². The predicted octanol–water partition coefficient (Wildman–Crippen LogP) is 2.61. The number of para-hydroxylation sites is 1. The Balaban J connectivity index is 1.46. The molecular weight excluding hydrogens is 423 g/mol. The van der Waals surface area contributed by atoms with Gasteiger partial charge in [-0.15, -0.1) is 0 Å². The van der Waals surface area contributed by atoms with Gasteiger partial charge in [0.15, 0.2) is 0 Å². The molecule has 5 rings (SSSR count). The molecule has 2 fully saturated rings. The van der Waals surface area contributed by atoms with Gasteiger partial charge in [0.05, 0.1) is 29.1 Å². The zero-order chi connectivity index (χ0) is 23.1. The van der Waals surface area contributed by atoms with Gasteiger partial charge in [-0.1, -0.05) is 24.3 Å². The lowest BCUT2D eigenvalue weighted by Gasteiger charge is -2.26. The number of likely N-dealkylation sites (N-methyl/N-ethyl adjacent to an activating group) is 1. The van der Waals surface area contributed by atoms with Gasteiger partial charge in [0.1, 0.15) is 5.82 Å². The maximum absolute atomic E-state index is 14.7. The lowest BCUT2D eigenvalue weighted by molar-refractivity contribution is 0.0752. The van der Waals surface area contributed by atoms with Gasteiger partial charge in [0, 0.05) is 19.3 Å². The fraction of sp³-hybridized carbons (Fsp3) is 0.320. The van der Waals surface area contributed by atoms with Crippen LogP contribution in [0.4, 0.5) is 4.39 Å². The molecule has 1 saturated carbocycles. The lowest BCUT2D eigenvalue weighted by Crippen LogP contribution is -2.38. The number of benzene rings is 2. The average molecular weight is 448 g/mol. The van der Waals surface area contributed by atoms with E-state index in [1.165, 1.54) is 29.5 Å². The Morgan fingerprint density at radius 1 is 1.18 bits per heavy atom. The van der Waals surface area contributed by atoms with Gasteiger partial charge in [-0.05, 0) is 55.0 Å². The van der Waals surface area contributed by atoms with Crippen LogP contribution in [0, 0.1) is 11.7 Å². The van der Waals surface area contributed by atoms with Crippen LogP contribution in [-0.4, -0.2) is 40.0 Å². The highest BCUT2D eigenvalue weighted by Gasteiger charge is 2.31. The molecule has 1 unspecified atom stereocenters. The Bertz CT molecular complexity index is 1390. The highest BCUT2D eigenvalue weighted by atomic mass is 19.1. The second-order valence-electron chi connectivity index (χ2n) is 8.78. The molecule has 0 radical (unpaired) electrons. The number of nitrogens with zero attached hydrogens (tertiary/aromatic N) is 2. The summed E-state index contributed by atoms with van der Waals surface area (Å²) in [6, 6.07) is 11.0. The minimum absolute atomic E-state index is 0.0329. The largest absolute Gasteiger partial charge is 0.387 e. The minimum Gasteiger partial charge on any atom is -0.387 e. The Kier molecular flexibility index (Phi) is 5.36. The molecule has 0 bridgehead atoms. The number of rotatable bonds is 5. The van der Waals surface area contributed by atoms with Crippen LogP contribution in [0.2, 0.25) is 0 Å². The first-order valence-electron chi connectivity index (χ1n) is 11.2. The van der Waals surface area contributed by atoms with Crippen molar-refractivity contribution in [3.63, 3.8) is 0 Å². The molecule has 8 heteroatoms. The van der Waals surface area contributed by atoms with Crippen LogP contribution < -0.4 is 16.6 Å². The molecule has 170 valence electrons. The molecule has 1 aliphatic heterocycles. The Hall–Kier alpha value is -3.68. The summed E-state index contributed by atoms with van der Waals surface area (Å²) in [5.74, 6) is -0.432. The summed E-state index contributed by atoms with van der Waals surface area (Å²) in [4.78, 5) is 41.8. The summed E-state index contributed by atoms with van der Waals surface area (Å²) in [6.07, 6.45) is 5.32. The van der Waals surface area contributed by atoms with Crippen molar-refractivity contribution in [3.8, 4) is 0 Å². The Morgan fingerprint density at radius 3 is 2.76 bits per heavy atom. The number of carbonyl (C=O) groups is 1. The third-order valence-electron chi connectivity index (χ3n) is 6.44. The van der Waals surface area contributed by atoms with Gasteiger partial charge in [-0.25, -0.2) is 9.18 Å². The lowest BCUT2D eigenvalue weighted by atomic mass is 10.1. The predicted molar refractivity (Wildman–Crippen MR) is 124 cm³/mol. The molecule has 1 aliphatic carbocycles. The first-order chi connectivity index (χ1) is 15.9. The van der Waals surface area contributed by atoms with Crippen LogP contribution in [0.15, 0.2) is 63.8 Å². The van der Waals surface area contributed by atoms with Crippen LogP contribution in [0.5, 0.6) is 0 Å². The maximum atomic E-state index is 14.7. The maximum Gasteiger partial charge on any atom is 0.329 e. The topological polar surface area (TPSA) is 87.2 Å². The zero-order valence-electron chi connectivity index (χ0n) is 18.3. The summed E-state index contributed by atoms with van der Waals surface area (Å²) in [5.41, 5.74) is 1.06. The number of aromatic nitrogens is 2. The van der Waals surface area contributed by atoms with E-state index in [9.17, 15) is 18.8 Å². The van der Waals surface area contributed by atoms with Gasteiger partial charge in [0.2, 0.25) is 0 Å². The van der Waals surface area contributed by atoms with E-state index in [0.717, 1.165) is 18.7 Å². The average Bonchev–Trinajstić information content (AvgIpc) is 3.51. The van der Waals surface area contributed by atoms with Crippen molar-refractivity contribution < 1.29 is 9.18 Å². The van der Waals surface area contributed by atoms with E-state index in [0.29, 0.717) is 22.4 Å². The number of hydrogen-bond donors (Lipinski definition) is 2. The third kappa shape index (κ3) is 4.08. The highest BCUT2D eigenvalue weighted by Crippen LogP contribution is 2.33. The van der Waals surface area contributed by atoms with E-state index in [1.54, 1.807) is 42.3 Å². The van der Waals surface area contributed by atoms with Crippen molar-refractivity contribution in [2.24, 2.45) is 5.92 Å². The standard InChI is InChI=1S/C25H25FN4O3/c1-29(22-10-11-27-20(22)13-15-6-7-15)24(32)18-12-16(8-9-19(18)26)14-30-21-5-3-2-4-17(21)23(31)28-25(30)33/h2-5,8-9,12-13,15,22,27H,6-7,10-11,14H2,1H3,(H,28,31,33)/b20-13-. The van der Waals surface area contributed by atoms with E-state index in [2.05, 4.69) is 16.4 Å². The first kappa shape index (κ1) is 21.2. The molecule has 0 spiro atoms. The van der Waals surface area contributed by atoms with Gasteiger partial charge in [0.25, 0.3) is 11.5 Å². The fourth-order valence-electron chi connectivity index (χ4n) is 4.46. The van der Waals surface area contributed by atoms with Crippen molar-refractivity contribution >= 4 is 16.8 Å². The van der Waals surface area contributed by atoms with E-state index in [-0.39, 0.29) is 18.2 Å². The molecule has 7 nitrogen and oxygen atoms in total. The van der Waals surface area contributed by atoms with Crippen LogP contribution in [0.3, 0.4) is 0 Å². The smallest absolute Gasteiger partial charge is 0.329 e. The molecule has 2 aromatic carbocycles. The Labute approximate surface area is 189 Å². The molecule has 2 N–H and O–H groups in total. The van der Waals surface area contributed by atoms with Crippen LogP contribution >= 0.6 is 0 Å². The number of fused-ring (bicyclic) bond motifs is 1. The molecule has 1 amide bonds. The molecular formula is C25H25FN4O3. The summed E-state index contributed by atoms with van der Waals surface area (Å²) >= 11 is 0. The van der Waals surface area contributed by atoms with Crippen molar-refractivity contribution in [2.75, 3.05) is 13.6 Å². The van der Waals surface area contributed by atoms with Crippen LogP contribution in [-0.2, 0) is 6.54 Å². The number of aromatic amines is 1. The SMILES string of the molecule is CN(C(=O)c1cc(Cn2c(=O)[nH]c(=O)c3ccccc32)ccc1F)C1CCN/C1=C\C1CC1. The van der Waals surface area contributed by atoms with Gasteiger partial charge in [-0.2, -0.15) is 0 Å². The third-order valence-corrected chi connectivity index (χ3v) is 6.44. The Morgan fingerprint density at radius 2 is 1.97 bits per heavy atom. The second-order valence-corrected chi connectivity index (χ2v) is 8.78. The second kappa shape index (κ2) is 8.35. The molecule has 2 heterocycles. The van der Waals surface area contributed by atoms with Gasteiger partial charge >= 0.3 is 5.69 Å². The number of halogens is 1. The summed E-state index contributed by atoms with van der Waals surface area (Å²) < 4.78 is 16.1. The summed E-state index contributed by atoms with van der Waals surface area (Å²) in [6.45, 7) is 0.879. The van der Waals surface area contributed by atoms with E-state index in [4.69, 9.17) is 0 Å². The van der Waals surface area contributed by atoms with Crippen LogP contribution in [0.1, 0.15) is 35.2 Å². The number of H-pyrrole nitrogens is 1. The molecule has 1 aromatic heterocycles. The van der Waals surface area contributed by atoms with E-state index in [1.807, 2.05) is 0 Å². The van der Waals surface area contributed by atoms with E-state index < -0.39 is 23.0 Å². The monoisotopic (exact) mass is 448 g/mol. The molecule has 1 saturated heterocycles. The van der Waals surface area contributed by atoms with Crippen molar-refractivity contribution in [3.05, 3.63) is 92.0 Å². The van der Waals surface area contributed by atoms with E-state index >= 15 is 0 Å². The summed E-state index contributed by atoms with van der Waals surface area (Å²) in [7, 11) is 1.70. The summed E-state index contributed by atoms with van der Waals surface area (Å²) in [5, 5.41) is 3.75. The molecule has 2 aliphatic rings. The number of carbonyl (C=O) groups excluding carboxylic acids is 1. The number of allylic oxidation sites excluding steroid dienone is 1. The zero-order valence-corrected chi connectivity index (χ0v) is 18.3. The molecule has 3 aromatic rings. The van der Waals surface area contributed by atoms with Crippen LogP contribution in [0.25, 0.3) is 10.9 Å². The highest BCUT2D eigenvalue weighted by molar-refractivity contribution is 5.95. The fourth-order valence-corrected chi connectivity index (χ4v) is 4.46. The van der Waals surface area contributed by atoms with Gasteiger partial charge in [-0.3, -0.25) is 19.1 Å². The minimum atomic E-state index is -0.604. The molecule has 1 atom stereocenters. The first-order valence-corrected chi connectivity index (χ1v) is 11.2. The number of amides is 1. The number of hydrogen-bond acceptors (Lipinski definition) is 4. The van der Waals surface area contributed by atoms with Crippen molar-refractivity contribution in [1.82, 2.24) is 19.8 Å². The van der Waals surface area contributed by atoms with Crippen molar-refractivity contribution in [1.29, 1.82) is 0 Å². The number of nitrogens with one attached hydrogen (secondary N) is 2. The molecule has 33 heavy (non-hydrogen) atoms. The van der Waals surface area contributed by atoms with Gasteiger partial charge < -0.3 is 10.2 Å². The normalized spacial score (nSPS) is 19.1.